The molecule has 1 aliphatic carbocycles. The van der Waals surface area contributed by atoms with E-state index in [0.717, 1.165) is 5.57 Å². The van der Waals surface area contributed by atoms with Gasteiger partial charge in [-0.25, -0.2) is 4.79 Å². The van der Waals surface area contributed by atoms with Crippen molar-refractivity contribution in [1.29, 1.82) is 5.26 Å². The van der Waals surface area contributed by atoms with Crippen molar-refractivity contribution in [2.45, 2.75) is 32.6 Å². The lowest BCUT2D eigenvalue weighted by molar-refractivity contribution is -0.138. The molecule has 0 radical (unpaired) electrons. The van der Waals surface area contributed by atoms with Crippen LogP contribution in [0, 0.1) is 11.3 Å². The lowest BCUT2D eigenvalue weighted by Crippen LogP contribution is -2.13. The molecule has 0 aromatic rings. The summed E-state index contributed by atoms with van der Waals surface area (Å²) in [6.45, 7) is 1.96. The zero-order chi connectivity index (χ0) is 11.3. The number of allylic oxidation sites excluding steroid dienone is 1. The Kier molecular flexibility index (Phi) is 4.04. The van der Waals surface area contributed by atoms with Gasteiger partial charge >= 0.3 is 5.97 Å². The van der Waals surface area contributed by atoms with Crippen molar-refractivity contribution >= 4 is 11.8 Å². The first kappa shape index (κ1) is 11.4. The van der Waals surface area contributed by atoms with Crippen molar-refractivity contribution in [3.05, 3.63) is 11.1 Å². The minimum atomic E-state index is -0.565. The molecule has 0 aromatic heterocycles. The summed E-state index contributed by atoms with van der Waals surface area (Å²) >= 11 is 0. The molecule has 0 atom stereocenters. The van der Waals surface area contributed by atoms with Crippen molar-refractivity contribution in [3.63, 3.8) is 0 Å². The first-order chi connectivity index (χ1) is 7.19. The molecule has 0 spiro atoms. The Balaban J connectivity index is 2.80. The summed E-state index contributed by atoms with van der Waals surface area (Å²) in [4.78, 5) is 22.4. The fourth-order valence-electron chi connectivity index (χ4n) is 1.55. The van der Waals surface area contributed by atoms with Gasteiger partial charge in [-0.1, -0.05) is 0 Å². The summed E-state index contributed by atoms with van der Waals surface area (Å²) in [5.41, 5.74) is 0.847. The molecule has 0 N–H and O–H groups in total. The molecule has 0 aromatic carbocycles. The molecule has 1 aliphatic rings. The second-order valence-corrected chi connectivity index (χ2v) is 3.35. The van der Waals surface area contributed by atoms with Gasteiger partial charge in [0.2, 0.25) is 0 Å². The van der Waals surface area contributed by atoms with Crippen molar-refractivity contribution < 1.29 is 14.3 Å². The van der Waals surface area contributed by atoms with Gasteiger partial charge in [-0.2, -0.15) is 5.26 Å². The van der Waals surface area contributed by atoms with Crippen LogP contribution < -0.4 is 0 Å². The molecule has 4 heteroatoms. The fourth-order valence-corrected chi connectivity index (χ4v) is 1.55. The summed E-state index contributed by atoms with van der Waals surface area (Å²) in [6.07, 6.45) is 1.89. The van der Waals surface area contributed by atoms with Gasteiger partial charge in [0.1, 0.15) is 17.4 Å². The van der Waals surface area contributed by atoms with E-state index in [0.29, 0.717) is 25.7 Å². The van der Waals surface area contributed by atoms with E-state index in [-0.39, 0.29) is 18.0 Å². The third-order valence-corrected chi connectivity index (χ3v) is 2.36. The average Bonchev–Trinajstić information content (AvgIpc) is 2.22. The largest absolute Gasteiger partial charge is 0.462 e. The molecule has 0 unspecified atom stereocenters. The molecular formula is C11H13NO3. The molecule has 0 aliphatic heterocycles. The van der Waals surface area contributed by atoms with Crippen molar-refractivity contribution in [2.75, 3.05) is 6.61 Å². The van der Waals surface area contributed by atoms with Crippen LogP contribution in [-0.2, 0) is 14.3 Å². The summed E-state index contributed by atoms with van der Waals surface area (Å²) in [5, 5.41) is 8.85. The second kappa shape index (κ2) is 5.30. The van der Waals surface area contributed by atoms with E-state index in [2.05, 4.69) is 0 Å². The third-order valence-electron chi connectivity index (χ3n) is 2.36. The molecule has 0 amide bonds. The van der Waals surface area contributed by atoms with Gasteiger partial charge in [0.05, 0.1) is 6.61 Å². The number of esters is 1. The number of rotatable bonds is 2. The quantitative estimate of drug-likeness (QED) is 0.391. The van der Waals surface area contributed by atoms with Crippen LogP contribution in [0.3, 0.4) is 0 Å². The molecule has 0 saturated heterocycles. The number of ketones is 1. The SMILES string of the molecule is CCOC(=O)C(C#N)=C1CCC(=O)CC1. The molecule has 1 rings (SSSR count). The Bertz CT molecular complexity index is 337. The number of ether oxygens (including phenoxy) is 1. The molecular weight excluding hydrogens is 194 g/mol. The number of carbonyl (C=O) groups is 2. The Hall–Kier alpha value is -1.63. The topological polar surface area (TPSA) is 67.2 Å². The van der Waals surface area contributed by atoms with E-state index < -0.39 is 5.97 Å². The van der Waals surface area contributed by atoms with Crippen LogP contribution >= 0.6 is 0 Å². The lowest BCUT2D eigenvalue weighted by atomic mass is 9.90. The van der Waals surface area contributed by atoms with E-state index in [4.69, 9.17) is 10.00 Å². The molecule has 0 bridgehead atoms. The van der Waals surface area contributed by atoms with Gasteiger partial charge in [0.15, 0.2) is 0 Å². The van der Waals surface area contributed by atoms with Crippen LogP contribution in [0.5, 0.6) is 0 Å². The van der Waals surface area contributed by atoms with Gasteiger partial charge in [0.25, 0.3) is 0 Å². The van der Waals surface area contributed by atoms with E-state index >= 15 is 0 Å². The molecule has 0 heterocycles. The normalized spacial score (nSPS) is 15.7. The van der Waals surface area contributed by atoms with Crippen LogP contribution in [-0.4, -0.2) is 18.4 Å². The van der Waals surface area contributed by atoms with Crippen LogP contribution in [0.2, 0.25) is 0 Å². The van der Waals surface area contributed by atoms with Gasteiger partial charge in [-0.05, 0) is 25.3 Å². The van der Waals surface area contributed by atoms with Crippen LogP contribution in [0.15, 0.2) is 11.1 Å². The number of nitrogens with zero attached hydrogens (tertiary/aromatic N) is 1. The number of hydrogen-bond donors (Lipinski definition) is 0. The predicted molar refractivity (Wildman–Crippen MR) is 52.7 cm³/mol. The van der Waals surface area contributed by atoms with Crippen LogP contribution in [0.4, 0.5) is 0 Å². The molecule has 1 saturated carbocycles. The highest BCUT2D eigenvalue weighted by atomic mass is 16.5. The number of hydrogen-bond acceptors (Lipinski definition) is 4. The van der Waals surface area contributed by atoms with Crippen LogP contribution in [0.25, 0.3) is 0 Å². The smallest absolute Gasteiger partial charge is 0.348 e. The van der Waals surface area contributed by atoms with E-state index in [9.17, 15) is 9.59 Å². The summed E-state index contributed by atoms with van der Waals surface area (Å²) < 4.78 is 4.77. The van der Waals surface area contributed by atoms with Crippen molar-refractivity contribution in [3.8, 4) is 6.07 Å². The molecule has 15 heavy (non-hydrogen) atoms. The Morgan fingerprint density at radius 1 is 1.40 bits per heavy atom. The monoisotopic (exact) mass is 207 g/mol. The number of nitriles is 1. The van der Waals surface area contributed by atoms with E-state index in [1.807, 2.05) is 6.07 Å². The highest BCUT2D eigenvalue weighted by molar-refractivity contribution is 5.94. The Morgan fingerprint density at radius 2 is 2.00 bits per heavy atom. The number of Topliss-reactive ketones (excluding diaryl/α,β-unsaturated/α-hetero) is 1. The first-order valence-corrected chi connectivity index (χ1v) is 5.00. The minimum Gasteiger partial charge on any atom is -0.462 e. The maximum absolute atomic E-state index is 11.4. The van der Waals surface area contributed by atoms with Crippen LogP contribution in [0.1, 0.15) is 32.6 Å². The Labute approximate surface area is 88.5 Å². The van der Waals surface area contributed by atoms with Gasteiger partial charge in [-0.15, -0.1) is 0 Å². The first-order valence-electron chi connectivity index (χ1n) is 5.00. The highest BCUT2D eigenvalue weighted by Crippen LogP contribution is 2.24. The standard InChI is InChI=1S/C11H13NO3/c1-2-15-11(14)10(7-12)8-3-5-9(13)6-4-8/h2-6H2,1H3. The van der Waals surface area contributed by atoms with Crippen molar-refractivity contribution in [1.82, 2.24) is 0 Å². The van der Waals surface area contributed by atoms with Gasteiger partial charge in [0, 0.05) is 12.8 Å². The number of carbonyl (C=O) groups excluding carboxylic acids is 2. The second-order valence-electron chi connectivity index (χ2n) is 3.35. The minimum absolute atomic E-state index is 0.0874. The zero-order valence-corrected chi connectivity index (χ0v) is 8.71. The predicted octanol–water partition coefficient (Wildman–Crippen LogP) is 1.51. The zero-order valence-electron chi connectivity index (χ0n) is 8.71. The fraction of sp³-hybridized carbons (Fsp3) is 0.545. The molecule has 1 fully saturated rings. The summed E-state index contributed by atoms with van der Waals surface area (Å²) in [6, 6.07) is 1.86. The maximum atomic E-state index is 11.4. The van der Waals surface area contributed by atoms with Gasteiger partial charge in [-0.3, -0.25) is 4.79 Å². The highest BCUT2D eigenvalue weighted by Gasteiger charge is 2.21. The lowest BCUT2D eigenvalue weighted by Gasteiger charge is -2.14. The summed E-state index contributed by atoms with van der Waals surface area (Å²) in [7, 11) is 0. The maximum Gasteiger partial charge on any atom is 0.348 e. The molecule has 4 nitrogen and oxygen atoms in total. The summed E-state index contributed by atoms with van der Waals surface area (Å²) in [5.74, 6) is -0.371. The third kappa shape index (κ3) is 2.91. The van der Waals surface area contributed by atoms with E-state index in [1.54, 1.807) is 6.92 Å². The van der Waals surface area contributed by atoms with Crippen molar-refractivity contribution in [2.24, 2.45) is 0 Å². The Morgan fingerprint density at radius 3 is 2.47 bits per heavy atom. The molecule has 80 valence electrons. The van der Waals surface area contributed by atoms with E-state index in [1.165, 1.54) is 0 Å². The van der Waals surface area contributed by atoms with Gasteiger partial charge < -0.3 is 4.74 Å². The average molecular weight is 207 g/mol.